The lowest BCUT2D eigenvalue weighted by molar-refractivity contribution is 0.341. The minimum absolute atomic E-state index is 0.191. The Morgan fingerprint density at radius 2 is 1.29 bits per heavy atom. The van der Waals surface area contributed by atoms with E-state index in [0.29, 0.717) is 0 Å². The van der Waals surface area contributed by atoms with Crippen LogP contribution in [0.25, 0.3) is 0 Å². The van der Waals surface area contributed by atoms with E-state index in [1.54, 1.807) is 0 Å². The predicted octanol–water partition coefficient (Wildman–Crippen LogP) is 6.36. The van der Waals surface area contributed by atoms with Gasteiger partial charge < -0.3 is 5.11 Å². The first-order valence-corrected chi connectivity index (χ1v) is 9.22. The van der Waals surface area contributed by atoms with Crippen molar-refractivity contribution in [1.82, 2.24) is 0 Å². The molecule has 0 saturated carbocycles. The van der Waals surface area contributed by atoms with Gasteiger partial charge in [-0.2, -0.15) is 0 Å². The second-order valence-corrected chi connectivity index (χ2v) is 7.59. The Labute approximate surface area is 134 Å². The van der Waals surface area contributed by atoms with E-state index in [9.17, 15) is 0 Å². The van der Waals surface area contributed by atoms with Crippen LogP contribution in [-0.2, 0) is 0 Å². The molecule has 126 valence electrons. The van der Waals surface area contributed by atoms with Gasteiger partial charge in [-0.1, -0.05) is 84.3 Å². The summed E-state index contributed by atoms with van der Waals surface area (Å²) in [5.74, 6) is 2.63. The van der Waals surface area contributed by atoms with Crippen molar-refractivity contribution >= 4 is 0 Å². The molecule has 1 nitrogen and oxygen atoms in total. The maximum atomic E-state index is 8.83. The van der Waals surface area contributed by atoms with Crippen LogP contribution in [-0.4, -0.2) is 11.7 Å². The molecule has 0 aromatic rings. The van der Waals surface area contributed by atoms with E-state index < -0.39 is 0 Å². The van der Waals surface area contributed by atoms with Crippen molar-refractivity contribution in [3.05, 3.63) is 11.6 Å². The van der Waals surface area contributed by atoms with E-state index in [2.05, 4.69) is 34.6 Å². The van der Waals surface area contributed by atoms with Gasteiger partial charge in [0.25, 0.3) is 0 Å². The standard InChI is InChI=1S/C20H40O/c1-17(2)9-6-10-18(3)11-7-12-19(4)13-8-14-20(5)15-16-21/h15,17-19,21H,6-14,16H2,1-5H3/t18?,19-/m0/s1. The van der Waals surface area contributed by atoms with E-state index >= 15 is 0 Å². The molecular weight excluding hydrogens is 256 g/mol. The van der Waals surface area contributed by atoms with Crippen LogP contribution < -0.4 is 0 Å². The maximum Gasteiger partial charge on any atom is 0.0614 e. The summed E-state index contributed by atoms with van der Waals surface area (Å²) in [7, 11) is 0. The zero-order chi connectivity index (χ0) is 16.1. The van der Waals surface area contributed by atoms with Gasteiger partial charge in [0.05, 0.1) is 6.61 Å². The number of aliphatic hydroxyl groups is 1. The van der Waals surface area contributed by atoms with Crippen molar-refractivity contribution in [3.8, 4) is 0 Å². The normalized spacial score (nSPS) is 15.5. The van der Waals surface area contributed by atoms with Gasteiger partial charge in [-0.05, 0) is 37.5 Å². The molecule has 0 rings (SSSR count). The number of hydrogen-bond acceptors (Lipinski definition) is 1. The summed E-state index contributed by atoms with van der Waals surface area (Å²) in [5.41, 5.74) is 1.34. The number of aliphatic hydroxyl groups excluding tert-OH is 1. The van der Waals surface area contributed by atoms with Crippen molar-refractivity contribution in [3.63, 3.8) is 0 Å². The zero-order valence-corrected chi connectivity index (χ0v) is 15.3. The fourth-order valence-corrected chi connectivity index (χ4v) is 2.97. The lowest BCUT2D eigenvalue weighted by Crippen LogP contribution is -2.00. The molecule has 0 aliphatic heterocycles. The van der Waals surface area contributed by atoms with Gasteiger partial charge in [0.15, 0.2) is 0 Å². The molecule has 0 radical (unpaired) electrons. The lowest BCUT2D eigenvalue weighted by atomic mass is 9.91. The van der Waals surface area contributed by atoms with Crippen LogP contribution in [0.5, 0.6) is 0 Å². The average Bonchev–Trinajstić information content (AvgIpc) is 2.38. The van der Waals surface area contributed by atoms with Gasteiger partial charge >= 0.3 is 0 Å². The molecule has 0 bridgehead atoms. The van der Waals surface area contributed by atoms with Crippen LogP contribution in [0.1, 0.15) is 92.4 Å². The van der Waals surface area contributed by atoms with E-state index in [1.807, 2.05) is 6.08 Å². The summed E-state index contributed by atoms with van der Waals surface area (Å²) < 4.78 is 0. The fourth-order valence-electron chi connectivity index (χ4n) is 2.97. The van der Waals surface area contributed by atoms with Crippen molar-refractivity contribution in [1.29, 1.82) is 0 Å². The number of hydrogen-bond donors (Lipinski definition) is 1. The van der Waals surface area contributed by atoms with Crippen LogP contribution in [0.4, 0.5) is 0 Å². The van der Waals surface area contributed by atoms with Crippen LogP contribution in [0.2, 0.25) is 0 Å². The van der Waals surface area contributed by atoms with E-state index in [-0.39, 0.29) is 6.61 Å². The van der Waals surface area contributed by atoms with Gasteiger partial charge in [-0.25, -0.2) is 0 Å². The minimum atomic E-state index is 0.191. The summed E-state index contributed by atoms with van der Waals surface area (Å²) in [4.78, 5) is 0. The van der Waals surface area contributed by atoms with Gasteiger partial charge in [0, 0.05) is 0 Å². The van der Waals surface area contributed by atoms with Crippen LogP contribution in [0.3, 0.4) is 0 Å². The summed E-state index contributed by atoms with van der Waals surface area (Å²) in [5, 5.41) is 8.83. The molecule has 0 fully saturated rings. The highest BCUT2D eigenvalue weighted by molar-refractivity contribution is 4.97. The molecule has 1 unspecified atom stereocenters. The maximum absolute atomic E-state index is 8.83. The molecule has 2 atom stereocenters. The molecule has 0 saturated heterocycles. The highest BCUT2D eigenvalue weighted by Gasteiger charge is 2.06. The minimum Gasteiger partial charge on any atom is -0.392 e. The Morgan fingerprint density at radius 1 is 0.810 bits per heavy atom. The Hall–Kier alpha value is -0.300. The van der Waals surface area contributed by atoms with Gasteiger partial charge in [0.1, 0.15) is 0 Å². The predicted molar refractivity (Wildman–Crippen MR) is 95.6 cm³/mol. The SMILES string of the molecule is CC(=CCO)CCC[C@@H](C)CCCC(C)CCCC(C)C. The molecule has 0 aromatic heterocycles. The smallest absolute Gasteiger partial charge is 0.0614 e. The van der Waals surface area contributed by atoms with Gasteiger partial charge in [-0.15, -0.1) is 0 Å². The average molecular weight is 297 g/mol. The molecule has 0 aliphatic rings. The van der Waals surface area contributed by atoms with E-state index in [4.69, 9.17) is 5.11 Å². The zero-order valence-electron chi connectivity index (χ0n) is 15.3. The number of rotatable bonds is 13. The molecule has 0 spiro atoms. The Morgan fingerprint density at radius 3 is 1.76 bits per heavy atom. The summed E-state index contributed by atoms with van der Waals surface area (Å²) >= 11 is 0. The molecule has 0 heterocycles. The largest absolute Gasteiger partial charge is 0.392 e. The van der Waals surface area contributed by atoms with E-state index in [0.717, 1.165) is 24.2 Å². The van der Waals surface area contributed by atoms with Crippen molar-refractivity contribution < 1.29 is 5.11 Å². The Kier molecular flexibility index (Phi) is 13.2. The molecular formula is C20H40O. The fraction of sp³-hybridized carbons (Fsp3) is 0.900. The number of allylic oxidation sites excluding steroid dienone is 1. The first kappa shape index (κ1) is 20.7. The van der Waals surface area contributed by atoms with Gasteiger partial charge in [0.2, 0.25) is 0 Å². The highest BCUT2D eigenvalue weighted by Crippen LogP contribution is 2.21. The lowest BCUT2D eigenvalue weighted by Gasteiger charge is -2.15. The molecule has 1 heteroatoms. The first-order valence-electron chi connectivity index (χ1n) is 9.22. The van der Waals surface area contributed by atoms with Crippen molar-refractivity contribution in [2.75, 3.05) is 6.61 Å². The molecule has 1 N–H and O–H groups in total. The van der Waals surface area contributed by atoms with Gasteiger partial charge in [-0.3, -0.25) is 0 Å². The van der Waals surface area contributed by atoms with Crippen LogP contribution in [0, 0.1) is 17.8 Å². The molecule has 0 aliphatic carbocycles. The summed E-state index contributed by atoms with van der Waals surface area (Å²) in [6.07, 6.45) is 14.1. The quantitative estimate of drug-likeness (QED) is 0.392. The van der Waals surface area contributed by atoms with E-state index in [1.165, 1.54) is 56.9 Å². The molecule has 0 amide bonds. The second kappa shape index (κ2) is 13.4. The first-order chi connectivity index (χ1) is 9.95. The third-order valence-corrected chi connectivity index (χ3v) is 4.58. The molecule has 21 heavy (non-hydrogen) atoms. The van der Waals surface area contributed by atoms with Crippen molar-refractivity contribution in [2.45, 2.75) is 92.4 Å². The Bertz CT molecular complexity index is 255. The Balaban J connectivity index is 3.52. The van der Waals surface area contributed by atoms with Crippen molar-refractivity contribution in [2.24, 2.45) is 17.8 Å². The topological polar surface area (TPSA) is 20.2 Å². The second-order valence-electron chi connectivity index (χ2n) is 7.59. The highest BCUT2D eigenvalue weighted by atomic mass is 16.2. The molecule has 0 aromatic carbocycles. The van der Waals surface area contributed by atoms with Crippen LogP contribution in [0.15, 0.2) is 11.6 Å². The van der Waals surface area contributed by atoms with Crippen LogP contribution >= 0.6 is 0 Å². The third-order valence-electron chi connectivity index (χ3n) is 4.58. The third kappa shape index (κ3) is 14.4. The summed E-state index contributed by atoms with van der Waals surface area (Å²) in [6, 6.07) is 0. The summed E-state index contributed by atoms with van der Waals surface area (Å²) in [6.45, 7) is 11.8. The monoisotopic (exact) mass is 296 g/mol.